The number of nitrogens with one attached hydrogen (secondary N) is 1. The van der Waals surface area contributed by atoms with Crippen molar-refractivity contribution in [3.8, 4) is 17.0 Å². The molecule has 2 aromatic heterocycles. The van der Waals surface area contributed by atoms with E-state index in [1.807, 2.05) is 13.0 Å². The van der Waals surface area contributed by atoms with Crippen LogP contribution in [0.4, 0.5) is 10.1 Å². The van der Waals surface area contributed by atoms with Gasteiger partial charge in [-0.3, -0.25) is 14.2 Å². The SMILES string of the molecule is CCOc1ccccc1NC(=O)Cn1cnc2c(-c3ccc(F)cc3)nsc2c1=O. The van der Waals surface area contributed by atoms with Crippen LogP contribution in [-0.4, -0.2) is 26.4 Å². The Bertz CT molecular complexity index is 1270. The highest BCUT2D eigenvalue weighted by Gasteiger charge is 2.16. The van der Waals surface area contributed by atoms with Gasteiger partial charge in [-0.15, -0.1) is 0 Å². The summed E-state index contributed by atoms with van der Waals surface area (Å²) < 4.78 is 24.5. The molecule has 7 nitrogen and oxygen atoms in total. The summed E-state index contributed by atoms with van der Waals surface area (Å²) in [6, 6.07) is 12.9. The van der Waals surface area contributed by atoms with Crippen LogP contribution < -0.4 is 15.6 Å². The van der Waals surface area contributed by atoms with Crippen LogP contribution in [0.1, 0.15) is 6.92 Å². The van der Waals surface area contributed by atoms with E-state index in [2.05, 4.69) is 14.7 Å². The second kappa shape index (κ2) is 8.42. The Morgan fingerprint density at radius 3 is 2.73 bits per heavy atom. The number of benzene rings is 2. The van der Waals surface area contributed by atoms with E-state index >= 15 is 0 Å². The first kappa shape index (κ1) is 19.7. The van der Waals surface area contributed by atoms with Crippen molar-refractivity contribution in [2.45, 2.75) is 13.5 Å². The molecule has 0 aliphatic rings. The number of rotatable bonds is 6. The minimum atomic E-state index is -0.381. The van der Waals surface area contributed by atoms with E-state index in [1.165, 1.54) is 23.0 Å². The van der Waals surface area contributed by atoms with Gasteiger partial charge in [0.1, 0.15) is 34.0 Å². The number of hydrogen-bond donors (Lipinski definition) is 1. The summed E-state index contributed by atoms with van der Waals surface area (Å²) in [5, 5.41) is 2.76. The van der Waals surface area contributed by atoms with E-state index in [-0.39, 0.29) is 23.8 Å². The fourth-order valence-electron chi connectivity index (χ4n) is 2.96. The molecule has 152 valence electrons. The summed E-state index contributed by atoms with van der Waals surface area (Å²) in [5.74, 6) is -0.181. The van der Waals surface area contributed by atoms with Crippen molar-refractivity contribution < 1.29 is 13.9 Å². The van der Waals surface area contributed by atoms with Gasteiger partial charge in [-0.25, -0.2) is 9.37 Å². The normalized spacial score (nSPS) is 10.9. The molecule has 0 saturated heterocycles. The minimum absolute atomic E-state index is 0.202. The van der Waals surface area contributed by atoms with Crippen molar-refractivity contribution in [1.82, 2.24) is 13.9 Å². The zero-order chi connectivity index (χ0) is 21.1. The highest BCUT2D eigenvalue weighted by Crippen LogP contribution is 2.27. The maximum absolute atomic E-state index is 13.2. The molecule has 2 aromatic carbocycles. The van der Waals surface area contributed by atoms with Gasteiger partial charge in [0.2, 0.25) is 5.91 Å². The molecule has 30 heavy (non-hydrogen) atoms. The Balaban J connectivity index is 1.58. The molecular formula is C21H17FN4O3S. The molecule has 0 atom stereocenters. The van der Waals surface area contributed by atoms with Gasteiger partial charge in [-0.05, 0) is 54.9 Å². The second-order valence-electron chi connectivity index (χ2n) is 6.37. The predicted molar refractivity (Wildman–Crippen MR) is 113 cm³/mol. The van der Waals surface area contributed by atoms with Crippen LogP contribution in [0.25, 0.3) is 21.5 Å². The lowest BCUT2D eigenvalue weighted by molar-refractivity contribution is -0.116. The molecule has 0 aliphatic carbocycles. The Labute approximate surface area is 174 Å². The summed E-state index contributed by atoms with van der Waals surface area (Å²) in [6.07, 6.45) is 1.32. The van der Waals surface area contributed by atoms with Crippen LogP contribution in [0.5, 0.6) is 5.75 Å². The lowest BCUT2D eigenvalue weighted by Crippen LogP contribution is -2.27. The van der Waals surface area contributed by atoms with E-state index in [1.54, 1.807) is 30.3 Å². The van der Waals surface area contributed by atoms with Gasteiger partial charge >= 0.3 is 0 Å². The van der Waals surface area contributed by atoms with E-state index < -0.39 is 0 Å². The smallest absolute Gasteiger partial charge is 0.273 e. The van der Waals surface area contributed by atoms with Crippen LogP contribution >= 0.6 is 11.5 Å². The van der Waals surface area contributed by atoms with Crippen molar-refractivity contribution in [3.05, 3.63) is 71.0 Å². The lowest BCUT2D eigenvalue weighted by Gasteiger charge is -2.11. The number of hydrogen-bond acceptors (Lipinski definition) is 6. The highest BCUT2D eigenvalue weighted by molar-refractivity contribution is 7.13. The van der Waals surface area contributed by atoms with E-state index in [9.17, 15) is 14.0 Å². The van der Waals surface area contributed by atoms with Gasteiger partial charge in [0.25, 0.3) is 5.56 Å². The van der Waals surface area contributed by atoms with Crippen molar-refractivity contribution in [3.63, 3.8) is 0 Å². The fraction of sp³-hybridized carbons (Fsp3) is 0.143. The molecule has 0 fully saturated rings. The summed E-state index contributed by atoms with van der Waals surface area (Å²) in [5.41, 5.74) is 1.77. The van der Waals surface area contributed by atoms with Crippen molar-refractivity contribution in [2.75, 3.05) is 11.9 Å². The van der Waals surface area contributed by atoms with E-state index in [4.69, 9.17) is 4.74 Å². The average molecular weight is 424 g/mol. The first-order chi connectivity index (χ1) is 14.6. The minimum Gasteiger partial charge on any atom is -0.492 e. The monoisotopic (exact) mass is 424 g/mol. The van der Waals surface area contributed by atoms with Gasteiger partial charge in [0.05, 0.1) is 18.6 Å². The van der Waals surface area contributed by atoms with Gasteiger partial charge in [-0.1, -0.05) is 12.1 Å². The molecular weight excluding hydrogens is 407 g/mol. The number of amides is 1. The number of carbonyl (C=O) groups excluding carboxylic acids is 1. The first-order valence-corrected chi connectivity index (χ1v) is 9.96. The Morgan fingerprint density at radius 1 is 1.20 bits per heavy atom. The number of fused-ring (bicyclic) bond motifs is 1. The topological polar surface area (TPSA) is 86.1 Å². The fourth-order valence-corrected chi connectivity index (χ4v) is 3.77. The van der Waals surface area contributed by atoms with Gasteiger partial charge in [0.15, 0.2) is 0 Å². The third-order valence-electron chi connectivity index (χ3n) is 4.34. The maximum Gasteiger partial charge on any atom is 0.273 e. The zero-order valence-corrected chi connectivity index (χ0v) is 16.8. The molecule has 1 N–H and O–H groups in total. The van der Waals surface area contributed by atoms with Crippen LogP contribution in [-0.2, 0) is 11.3 Å². The zero-order valence-electron chi connectivity index (χ0n) is 16.0. The van der Waals surface area contributed by atoms with Crippen LogP contribution in [0.2, 0.25) is 0 Å². The molecule has 0 saturated carbocycles. The molecule has 1 amide bonds. The number of anilines is 1. The standard InChI is InChI=1S/C21H17FN4O3S/c1-2-29-16-6-4-3-5-15(16)24-17(27)11-26-12-23-19-18(25-30-20(19)21(26)28)13-7-9-14(22)10-8-13/h3-10,12H,2,11H2,1H3,(H,24,27). The number of carbonyl (C=O) groups is 1. The van der Waals surface area contributed by atoms with Gasteiger partial charge < -0.3 is 10.1 Å². The molecule has 0 radical (unpaired) electrons. The summed E-state index contributed by atoms with van der Waals surface area (Å²) in [6.45, 7) is 2.12. The largest absolute Gasteiger partial charge is 0.492 e. The predicted octanol–water partition coefficient (Wildman–Crippen LogP) is 3.70. The van der Waals surface area contributed by atoms with Crippen molar-refractivity contribution >= 4 is 33.3 Å². The van der Waals surface area contributed by atoms with Crippen molar-refractivity contribution in [1.29, 1.82) is 0 Å². The number of halogens is 1. The third kappa shape index (κ3) is 3.92. The first-order valence-electron chi connectivity index (χ1n) is 9.19. The molecule has 9 heteroatoms. The Hall–Kier alpha value is -3.59. The maximum atomic E-state index is 13.2. The average Bonchev–Trinajstić information content (AvgIpc) is 3.17. The summed E-state index contributed by atoms with van der Waals surface area (Å²) in [7, 11) is 0. The Kier molecular flexibility index (Phi) is 5.53. The molecule has 4 aromatic rings. The highest BCUT2D eigenvalue weighted by atomic mass is 32.1. The van der Waals surface area contributed by atoms with Crippen LogP contribution in [0.15, 0.2) is 59.7 Å². The lowest BCUT2D eigenvalue weighted by atomic mass is 10.1. The van der Waals surface area contributed by atoms with Crippen LogP contribution in [0.3, 0.4) is 0 Å². The van der Waals surface area contributed by atoms with Gasteiger partial charge in [0, 0.05) is 5.56 Å². The third-order valence-corrected chi connectivity index (χ3v) is 5.17. The molecule has 2 heterocycles. The second-order valence-corrected chi connectivity index (χ2v) is 7.14. The van der Waals surface area contributed by atoms with E-state index in [0.29, 0.717) is 39.5 Å². The quantitative estimate of drug-likeness (QED) is 0.510. The molecule has 0 bridgehead atoms. The summed E-state index contributed by atoms with van der Waals surface area (Å²) in [4.78, 5) is 29.6. The number of para-hydroxylation sites is 2. The molecule has 0 unspecified atom stereocenters. The van der Waals surface area contributed by atoms with E-state index in [0.717, 1.165) is 11.5 Å². The number of aromatic nitrogens is 3. The van der Waals surface area contributed by atoms with Crippen molar-refractivity contribution in [2.24, 2.45) is 0 Å². The molecule has 4 rings (SSSR count). The van der Waals surface area contributed by atoms with Crippen LogP contribution in [0, 0.1) is 5.82 Å². The summed E-state index contributed by atoms with van der Waals surface area (Å²) >= 11 is 1.00. The number of nitrogens with zero attached hydrogens (tertiary/aromatic N) is 3. The number of ether oxygens (including phenoxy) is 1. The van der Waals surface area contributed by atoms with Gasteiger partial charge in [-0.2, -0.15) is 4.37 Å². The molecule has 0 spiro atoms. The molecule has 0 aliphatic heterocycles. The Morgan fingerprint density at radius 2 is 1.97 bits per heavy atom.